The maximum absolute atomic E-state index is 12.8. The lowest BCUT2D eigenvalue weighted by Gasteiger charge is -2.37. The van der Waals surface area contributed by atoms with Crippen LogP contribution in [0.1, 0.15) is 29.0 Å². The molecule has 4 unspecified atom stereocenters. The summed E-state index contributed by atoms with van der Waals surface area (Å²) in [6, 6.07) is 10.3. The summed E-state index contributed by atoms with van der Waals surface area (Å²) in [7, 11) is 1.32. The second-order valence-corrected chi connectivity index (χ2v) is 7.81. The molecule has 1 aliphatic heterocycles. The lowest BCUT2D eigenvalue weighted by Crippen LogP contribution is -2.38. The molecule has 1 aromatic heterocycles. The van der Waals surface area contributed by atoms with Crippen LogP contribution in [0.5, 0.6) is 0 Å². The zero-order valence-corrected chi connectivity index (χ0v) is 16.4. The maximum Gasteiger partial charge on any atom is 0.338 e. The molecular formula is C23H20N2O5. The second-order valence-electron chi connectivity index (χ2n) is 7.81. The van der Waals surface area contributed by atoms with Crippen LogP contribution in [0.2, 0.25) is 0 Å². The summed E-state index contributed by atoms with van der Waals surface area (Å²) in [6.45, 7) is 0. The minimum Gasteiger partial charge on any atom is -0.465 e. The maximum atomic E-state index is 12.8. The summed E-state index contributed by atoms with van der Waals surface area (Å²) in [6.07, 6.45) is 7.41. The number of ether oxygens (including phenoxy) is 1. The van der Waals surface area contributed by atoms with E-state index in [1.54, 1.807) is 36.4 Å². The molecule has 2 bridgehead atoms. The van der Waals surface area contributed by atoms with Crippen LogP contribution in [0.3, 0.4) is 0 Å². The average molecular weight is 404 g/mol. The van der Waals surface area contributed by atoms with Gasteiger partial charge in [-0.2, -0.15) is 10.1 Å². The van der Waals surface area contributed by atoms with E-state index in [4.69, 9.17) is 9.15 Å². The highest BCUT2D eigenvalue weighted by atomic mass is 16.5. The van der Waals surface area contributed by atoms with Gasteiger partial charge in [-0.25, -0.2) is 4.79 Å². The molecule has 2 fully saturated rings. The molecule has 7 nitrogen and oxygen atoms in total. The fourth-order valence-electron chi connectivity index (χ4n) is 4.84. The molecule has 0 N–H and O–H groups in total. The second kappa shape index (κ2) is 7.09. The molecule has 2 amide bonds. The number of furan rings is 1. The molecule has 30 heavy (non-hydrogen) atoms. The average Bonchev–Trinajstić information content (AvgIpc) is 3.37. The Kier molecular flexibility index (Phi) is 4.38. The Hall–Kier alpha value is -3.48. The van der Waals surface area contributed by atoms with E-state index in [2.05, 4.69) is 17.3 Å². The number of hydrogen-bond donors (Lipinski definition) is 0. The van der Waals surface area contributed by atoms with E-state index >= 15 is 0 Å². The van der Waals surface area contributed by atoms with Gasteiger partial charge in [-0.3, -0.25) is 9.59 Å². The van der Waals surface area contributed by atoms with Crippen LogP contribution >= 0.6 is 0 Å². The number of nitrogens with zero attached hydrogens (tertiary/aromatic N) is 2. The van der Waals surface area contributed by atoms with E-state index < -0.39 is 5.97 Å². The van der Waals surface area contributed by atoms with Gasteiger partial charge >= 0.3 is 5.97 Å². The van der Waals surface area contributed by atoms with Gasteiger partial charge in [0.1, 0.15) is 11.5 Å². The molecular weight excluding hydrogens is 384 g/mol. The molecule has 0 spiro atoms. The number of benzene rings is 1. The van der Waals surface area contributed by atoms with Crippen molar-refractivity contribution in [2.24, 2.45) is 28.8 Å². The number of rotatable bonds is 4. The van der Waals surface area contributed by atoms with E-state index in [1.807, 2.05) is 0 Å². The van der Waals surface area contributed by atoms with Crippen molar-refractivity contribution < 1.29 is 23.5 Å². The van der Waals surface area contributed by atoms with E-state index in [0.717, 1.165) is 17.9 Å². The van der Waals surface area contributed by atoms with Crippen molar-refractivity contribution in [2.75, 3.05) is 7.11 Å². The first-order valence-electron chi connectivity index (χ1n) is 9.96. The van der Waals surface area contributed by atoms with E-state index in [1.165, 1.54) is 13.3 Å². The predicted molar refractivity (Wildman–Crippen MR) is 107 cm³/mol. The highest BCUT2D eigenvalue weighted by Crippen LogP contribution is 2.49. The zero-order valence-electron chi connectivity index (χ0n) is 16.4. The van der Waals surface area contributed by atoms with Gasteiger partial charge in [0.25, 0.3) is 11.8 Å². The van der Waals surface area contributed by atoms with Crippen molar-refractivity contribution in [1.29, 1.82) is 0 Å². The molecule has 4 aliphatic rings. The highest BCUT2D eigenvalue weighted by molar-refractivity contribution is 6.06. The molecule has 6 rings (SSSR count). The van der Waals surface area contributed by atoms with Gasteiger partial charge in [0.2, 0.25) is 0 Å². The number of esters is 1. The van der Waals surface area contributed by atoms with Gasteiger partial charge in [0, 0.05) is 5.56 Å². The third-order valence-corrected chi connectivity index (χ3v) is 6.26. The molecule has 3 aliphatic carbocycles. The van der Waals surface area contributed by atoms with Gasteiger partial charge in [-0.05, 0) is 42.9 Å². The van der Waals surface area contributed by atoms with Crippen LogP contribution in [0, 0.1) is 23.7 Å². The number of hydrazone groups is 1. The lowest BCUT2D eigenvalue weighted by atomic mass is 9.63. The van der Waals surface area contributed by atoms with Crippen molar-refractivity contribution in [1.82, 2.24) is 5.01 Å². The smallest absolute Gasteiger partial charge is 0.338 e. The molecule has 0 radical (unpaired) electrons. The number of hydrogen-bond acceptors (Lipinski definition) is 6. The quantitative estimate of drug-likeness (QED) is 0.338. The summed E-state index contributed by atoms with van der Waals surface area (Å²) in [5.74, 6) is -0.422. The molecule has 2 heterocycles. The fraction of sp³-hybridized carbons (Fsp3) is 0.304. The Morgan fingerprint density at radius 2 is 1.73 bits per heavy atom. The Bertz CT molecular complexity index is 1070. The van der Waals surface area contributed by atoms with Crippen LogP contribution in [0.4, 0.5) is 0 Å². The standard InChI is InChI=1S/C23H20N2O5/c1-29-23(28)17-5-3-2-4-16(17)18-11-10-15(30-18)12-24-25-21(26)19-13-6-7-14(9-8-13)20(19)22(25)27/h2-7,10-14,19-20H,8-9H2,1H3/b24-12+. The number of carbonyl (C=O) groups is 3. The van der Waals surface area contributed by atoms with E-state index in [-0.39, 0.29) is 35.5 Å². The SMILES string of the molecule is COC(=O)c1ccccc1-c1ccc(/C=N/N2C(=O)C3C4C=CC(CC4)C3C2=O)o1. The first-order chi connectivity index (χ1) is 14.6. The van der Waals surface area contributed by atoms with Gasteiger partial charge in [-0.15, -0.1) is 0 Å². The minimum absolute atomic E-state index is 0.127. The summed E-state index contributed by atoms with van der Waals surface area (Å²) >= 11 is 0. The molecule has 1 saturated heterocycles. The molecule has 7 heteroatoms. The predicted octanol–water partition coefficient (Wildman–Crippen LogP) is 3.26. The molecule has 1 saturated carbocycles. The Morgan fingerprint density at radius 1 is 1.07 bits per heavy atom. The van der Waals surface area contributed by atoms with Crippen molar-refractivity contribution in [3.05, 3.63) is 59.9 Å². The Balaban J connectivity index is 1.38. The van der Waals surface area contributed by atoms with Crippen LogP contribution in [0.25, 0.3) is 11.3 Å². The third-order valence-electron chi connectivity index (χ3n) is 6.26. The summed E-state index contributed by atoms with van der Waals surface area (Å²) in [5.41, 5.74) is 0.973. The number of carbonyl (C=O) groups excluding carboxylic acids is 3. The van der Waals surface area contributed by atoms with Gasteiger partial charge in [0.15, 0.2) is 0 Å². The van der Waals surface area contributed by atoms with E-state index in [9.17, 15) is 14.4 Å². The first-order valence-corrected chi connectivity index (χ1v) is 9.96. The van der Waals surface area contributed by atoms with Crippen LogP contribution in [-0.2, 0) is 14.3 Å². The molecule has 1 aromatic carbocycles. The summed E-state index contributed by atoms with van der Waals surface area (Å²) in [4.78, 5) is 37.6. The Morgan fingerprint density at radius 3 is 2.37 bits per heavy atom. The number of methoxy groups -OCH3 is 1. The van der Waals surface area contributed by atoms with Gasteiger partial charge in [0.05, 0.1) is 30.7 Å². The monoisotopic (exact) mass is 404 g/mol. The van der Waals surface area contributed by atoms with Crippen LogP contribution < -0.4 is 0 Å². The normalized spacial score (nSPS) is 27.2. The van der Waals surface area contributed by atoms with Crippen molar-refractivity contribution in [3.8, 4) is 11.3 Å². The molecule has 152 valence electrons. The Labute approximate surface area is 173 Å². The van der Waals surface area contributed by atoms with Crippen LogP contribution in [-0.4, -0.2) is 36.1 Å². The first kappa shape index (κ1) is 18.5. The summed E-state index contributed by atoms with van der Waals surface area (Å²) < 4.78 is 10.6. The number of amides is 2. The van der Waals surface area contributed by atoms with Gasteiger partial charge in [-0.1, -0.05) is 30.4 Å². The van der Waals surface area contributed by atoms with E-state index in [0.29, 0.717) is 22.6 Å². The number of fused-ring (bicyclic) bond motifs is 1. The number of imide groups is 1. The van der Waals surface area contributed by atoms with Crippen LogP contribution in [0.15, 0.2) is 58.1 Å². The zero-order chi connectivity index (χ0) is 20.8. The third kappa shape index (κ3) is 2.81. The largest absolute Gasteiger partial charge is 0.465 e. The number of allylic oxidation sites excluding steroid dienone is 2. The molecule has 4 atom stereocenters. The lowest BCUT2D eigenvalue weighted by molar-refractivity contribution is -0.140. The highest BCUT2D eigenvalue weighted by Gasteiger charge is 2.56. The van der Waals surface area contributed by atoms with Crippen molar-refractivity contribution in [3.63, 3.8) is 0 Å². The van der Waals surface area contributed by atoms with Gasteiger partial charge < -0.3 is 9.15 Å². The van der Waals surface area contributed by atoms with Crippen molar-refractivity contribution in [2.45, 2.75) is 12.8 Å². The molecule has 2 aromatic rings. The summed E-state index contributed by atoms with van der Waals surface area (Å²) in [5, 5.41) is 5.15. The topological polar surface area (TPSA) is 89.2 Å². The minimum atomic E-state index is -0.462. The van der Waals surface area contributed by atoms with Crippen molar-refractivity contribution >= 4 is 24.0 Å². The fourth-order valence-corrected chi connectivity index (χ4v) is 4.84.